The number of ether oxygens (including phenoxy) is 4. The Balaban J connectivity index is 1.15. The fourth-order valence-electron chi connectivity index (χ4n) is 9.44. The maximum Gasteiger partial charge on any atom is 0.409 e. The smallest absolute Gasteiger partial charge is 0.409 e. The van der Waals surface area contributed by atoms with E-state index in [1.165, 1.54) is 90.6 Å². The standard InChI is InChI=1S/C58H78ClN7O14S2/c1-35-16-15-17-45(78-11)58(76)33-44(79-55(74)61-58)36(2)32-57(7,75)46(31-52(72)65(9)42-29-39(28-35)30-43(77-10)53(42)59)80-54(73)38(4)64(8)49(69)25-27-81-82-56(5,6)34-48(68)63-62-37(3)40-19-21-41(22-20-40)60-47(67)18-13-12-14-26-66-50(70)23-24-51(66)71/h15-17,19-24,29-30,36,38,44-46,75-76H,12-14,18,25-28,31-34H2,1-11H3,(H,60,67)(H,61,74)(H,63,68)/b17-15+,35-16+,62-37-/t36-,38-,44-,45+,46-,57?,58-/m0/s1. The van der Waals surface area contributed by atoms with Crippen molar-refractivity contribution < 1.29 is 67.5 Å². The second kappa shape index (κ2) is 29.8. The number of nitrogens with zero attached hydrogens (tertiary/aromatic N) is 4. The quantitative estimate of drug-likeness (QED) is 0.0203. The number of nitrogens with one attached hydrogen (secondary N) is 3. The van der Waals surface area contributed by atoms with Crippen LogP contribution in [0.3, 0.4) is 0 Å². The monoisotopic (exact) mass is 1200 g/mol. The lowest BCUT2D eigenvalue weighted by atomic mass is 9.81. The van der Waals surface area contributed by atoms with Crippen molar-refractivity contribution in [1.82, 2.24) is 20.5 Å². The van der Waals surface area contributed by atoms with Crippen LogP contribution in [0.2, 0.25) is 5.02 Å². The first kappa shape index (κ1) is 66.6. The van der Waals surface area contributed by atoms with Gasteiger partial charge in [0.1, 0.15) is 35.1 Å². The van der Waals surface area contributed by atoms with Crippen molar-refractivity contribution in [3.8, 4) is 5.75 Å². The third kappa shape index (κ3) is 18.9. The lowest BCUT2D eigenvalue weighted by Crippen LogP contribution is -2.63. The second-order valence-corrected chi connectivity index (χ2v) is 25.3. The van der Waals surface area contributed by atoms with Crippen LogP contribution in [-0.2, 0) is 54.2 Å². The lowest BCUT2D eigenvalue weighted by Gasteiger charge is -2.43. The molecule has 24 heteroatoms. The van der Waals surface area contributed by atoms with E-state index in [1.807, 2.05) is 26.8 Å². The molecular weight excluding hydrogens is 1120 g/mol. The molecule has 82 heavy (non-hydrogen) atoms. The Morgan fingerprint density at radius 3 is 2.35 bits per heavy atom. The maximum atomic E-state index is 14.3. The summed E-state index contributed by atoms with van der Waals surface area (Å²) < 4.78 is 22.3. The van der Waals surface area contributed by atoms with E-state index in [-0.39, 0.29) is 66.7 Å². The number of hydrogen-bond donors (Lipinski definition) is 5. The number of anilines is 2. The average Bonchev–Trinajstić information content (AvgIpc) is 3.77. The first-order chi connectivity index (χ1) is 38.6. The minimum Gasteiger partial charge on any atom is -0.495 e. The van der Waals surface area contributed by atoms with Gasteiger partial charge in [0.25, 0.3) is 11.8 Å². The van der Waals surface area contributed by atoms with Crippen LogP contribution in [0.5, 0.6) is 5.75 Å². The molecule has 3 aliphatic rings. The van der Waals surface area contributed by atoms with Crippen molar-refractivity contribution in [1.29, 1.82) is 0 Å². The van der Waals surface area contributed by atoms with Gasteiger partial charge in [0.2, 0.25) is 23.6 Å². The largest absolute Gasteiger partial charge is 0.495 e. The number of hydrazone groups is 1. The molecular formula is C58H78ClN7O14S2. The van der Waals surface area contributed by atoms with Crippen LogP contribution < -0.4 is 25.7 Å². The highest BCUT2D eigenvalue weighted by Crippen LogP contribution is 2.40. The fraction of sp³-hybridized carbons (Fsp3) is 0.534. The molecule has 4 bridgehead atoms. The van der Waals surface area contributed by atoms with Gasteiger partial charge in [0, 0.05) is 81.8 Å². The highest BCUT2D eigenvalue weighted by atomic mass is 35.5. The number of halogens is 1. The summed E-state index contributed by atoms with van der Waals surface area (Å²) in [6, 6.07) is 9.34. The number of methoxy groups -OCH3 is 2. The first-order valence-corrected chi connectivity index (χ1v) is 29.7. The first-order valence-electron chi connectivity index (χ1n) is 27.0. The summed E-state index contributed by atoms with van der Waals surface area (Å²) in [5, 5.41) is 33.9. The fourth-order valence-corrected chi connectivity index (χ4v) is 12.2. The average molecular weight is 1200 g/mol. The number of unbranched alkanes of at least 4 members (excludes halogenated alkanes) is 2. The van der Waals surface area contributed by atoms with Crippen LogP contribution in [0.1, 0.15) is 117 Å². The zero-order valence-corrected chi connectivity index (χ0v) is 50.9. The number of fused-ring (bicyclic) bond motifs is 4. The van der Waals surface area contributed by atoms with Gasteiger partial charge in [-0.2, -0.15) is 5.10 Å². The number of imide groups is 1. The molecule has 1 saturated heterocycles. The molecule has 0 saturated carbocycles. The predicted molar refractivity (Wildman–Crippen MR) is 316 cm³/mol. The Morgan fingerprint density at radius 1 is 1.01 bits per heavy atom. The summed E-state index contributed by atoms with van der Waals surface area (Å²) in [6.07, 6.45) is 5.06. The van der Waals surface area contributed by atoms with Gasteiger partial charge >= 0.3 is 12.1 Å². The van der Waals surface area contributed by atoms with Gasteiger partial charge < -0.3 is 44.3 Å². The normalized spacial score (nSPS) is 24.2. The number of hydrogen-bond acceptors (Lipinski definition) is 17. The molecule has 3 heterocycles. The van der Waals surface area contributed by atoms with Crippen molar-refractivity contribution in [2.24, 2.45) is 11.0 Å². The molecule has 5 N–H and O–H groups in total. The second-order valence-electron chi connectivity index (χ2n) is 21.8. The number of amides is 7. The van der Waals surface area contributed by atoms with Gasteiger partial charge in [-0.1, -0.05) is 82.5 Å². The lowest BCUT2D eigenvalue weighted by molar-refractivity contribution is -0.176. The summed E-state index contributed by atoms with van der Waals surface area (Å²) in [5.74, 6) is -3.04. The number of alkyl carbamates (subject to hydrolysis) is 1. The maximum absolute atomic E-state index is 14.3. The molecule has 21 nitrogen and oxygen atoms in total. The molecule has 2 aromatic rings. The number of allylic oxidation sites excluding steroid dienone is 3. The number of esters is 1. The molecule has 0 radical (unpaired) electrons. The van der Waals surface area contributed by atoms with Crippen LogP contribution in [0.4, 0.5) is 16.2 Å². The van der Waals surface area contributed by atoms with Crippen LogP contribution in [0.25, 0.3) is 0 Å². The van der Waals surface area contributed by atoms with Crippen molar-refractivity contribution >= 4 is 97.8 Å². The summed E-state index contributed by atoms with van der Waals surface area (Å²) in [7, 11) is 8.60. The minimum atomic E-state index is -1.96. The molecule has 2 aromatic carbocycles. The van der Waals surface area contributed by atoms with E-state index in [0.29, 0.717) is 60.8 Å². The third-order valence-electron chi connectivity index (χ3n) is 14.4. The van der Waals surface area contributed by atoms with Crippen molar-refractivity contribution in [2.45, 2.75) is 153 Å². The Labute approximate surface area is 492 Å². The molecule has 1 unspecified atom stereocenters. The van der Waals surface area contributed by atoms with Gasteiger partial charge in [-0.05, 0) is 109 Å². The molecule has 7 amide bonds. The van der Waals surface area contributed by atoms with E-state index in [4.69, 9.17) is 30.5 Å². The van der Waals surface area contributed by atoms with Crippen molar-refractivity contribution in [3.63, 3.8) is 0 Å². The topological polar surface area (TPSA) is 272 Å². The van der Waals surface area contributed by atoms with E-state index in [0.717, 1.165) is 16.7 Å². The molecule has 3 aliphatic heterocycles. The molecule has 0 aliphatic carbocycles. The number of carbonyl (C=O) groups is 8. The predicted octanol–water partition coefficient (Wildman–Crippen LogP) is 7.40. The molecule has 5 rings (SSSR count). The molecule has 0 aromatic heterocycles. The SMILES string of the molecule is COc1cc2cc(c1Cl)N(C)C(=O)C[C@H](OC(=O)[C@H](C)N(C)C(=O)CCSSC(C)(C)CC(=O)N/N=C(/C)c1ccc(NC(=O)CCCCCN3C(=O)C=CC3=O)cc1)C(C)(O)C[C@H](C)[C@@H]1C[C@@](O)(NC(=O)O1)[C@H](OC)/C=C/C=C(\C)C2. The molecule has 448 valence electrons. The zero-order chi connectivity index (χ0) is 60.7. The number of aliphatic hydroxyl groups is 2. The number of likely N-dealkylation sites (N-methyl/N-ethyl adjacent to an activating group) is 1. The number of carbonyl (C=O) groups excluding carboxylic acids is 8. The highest BCUT2D eigenvalue weighted by Gasteiger charge is 2.49. The van der Waals surface area contributed by atoms with Crippen LogP contribution in [-0.4, -0.2) is 154 Å². The van der Waals surface area contributed by atoms with Crippen molar-refractivity contribution in [3.05, 3.63) is 88.5 Å². The van der Waals surface area contributed by atoms with Crippen LogP contribution in [0.15, 0.2) is 77.5 Å². The van der Waals surface area contributed by atoms with Crippen LogP contribution in [0, 0.1) is 5.92 Å². The van der Waals surface area contributed by atoms with Gasteiger partial charge in [0.05, 0.1) is 30.5 Å². The Bertz CT molecular complexity index is 2790. The number of benzene rings is 2. The number of rotatable bonds is 21. The Kier molecular flexibility index (Phi) is 24.2. The third-order valence-corrected chi connectivity index (χ3v) is 18.1. The Morgan fingerprint density at radius 2 is 1.70 bits per heavy atom. The summed E-state index contributed by atoms with van der Waals surface area (Å²) in [4.78, 5) is 108. The molecule has 1 fully saturated rings. The van der Waals surface area contributed by atoms with Gasteiger partial charge in [-0.15, -0.1) is 0 Å². The molecule has 0 spiro atoms. The zero-order valence-electron chi connectivity index (χ0n) is 48.5. The van der Waals surface area contributed by atoms with E-state index in [2.05, 4.69) is 21.2 Å². The summed E-state index contributed by atoms with van der Waals surface area (Å²) >= 11 is 6.80. The van der Waals surface area contributed by atoms with E-state index in [1.54, 1.807) is 62.4 Å². The minimum absolute atomic E-state index is 0.0208. The summed E-state index contributed by atoms with van der Waals surface area (Å²) in [6.45, 7) is 12.3. The van der Waals surface area contributed by atoms with E-state index < -0.39 is 70.7 Å². The van der Waals surface area contributed by atoms with Gasteiger partial charge in [-0.25, -0.2) is 15.0 Å². The van der Waals surface area contributed by atoms with Crippen molar-refractivity contribution in [2.75, 3.05) is 50.8 Å². The highest BCUT2D eigenvalue weighted by molar-refractivity contribution is 8.77. The van der Waals surface area contributed by atoms with Gasteiger partial charge in [-0.3, -0.25) is 39.0 Å². The van der Waals surface area contributed by atoms with Crippen LogP contribution >= 0.6 is 33.2 Å². The molecule has 7 atom stereocenters. The Hall–Kier alpha value is -6.24. The van der Waals surface area contributed by atoms with E-state index >= 15 is 0 Å². The summed E-state index contributed by atoms with van der Waals surface area (Å²) in [5.41, 5.74) is 2.52. The van der Waals surface area contributed by atoms with E-state index in [9.17, 15) is 48.6 Å². The van der Waals surface area contributed by atoms with Gasteiger partial charge in [0.15, 0.2) is 5.72 Å².